The SMILES string of the molecule is CN1CCN(c2ccc(N/C(=C3\C(=O)Nc4ccc(S(=O)(=O)NCC5CC5)cc43)c3ccccc3)cn2)CC1. The number of likely N-dealkylation sites (N-methyl/N-ethyl adjacent to an activating group) is 1. The summed E-state index contributed by atoms with van der Waals surface area (Å²) in [6, 6.07) is 18.3. The lowest BCUT2D eigenvalue weighted by Crippen LogP contribution is -2.44. The smallest absolute Gasteiger partial charge is 0.258 e. The highest BCUT2D eigenvalue weighted by Gasteiger charge is 2.31. The van der Waals surface area contributed by atoms with Crippen molar-refractivity contribution in [3.8, 4) is 0 Å². The summed E-state index contributed by atoms with van der Waals surface area (Å²) in [4.78, 5) is 22.7. The van der Waals surface area contributed by atoms with Crippen molar-refractivity contribution in [1.29, 1.82) is 0 Å². The first kappa shape index (κ1) is 25.5. The molecule has 10 heteroatoms. The molecule has 0 radical (unpaired) electrons. The van der Waals surface area contributed by atoms with Gasteiger partial charge < -0.3 is 20.4 Å². The number of anilines is 3. The molecule has 1 amide bonds. The first-order chi connectivity index (χ1) is 18.9. The Balaban J connectivity index is 1.35. The zero-order valence-electron chi connectivity index (χ0n) is 21.9. The Morgan fingerprint density at radius 2 is 1.79 bits per heavy atom. The molecule has 6 rings (SSSR count). The molecule has 1 aliphatic carbocycles. The highest BCUT2D eigenvalue weighted by Crippen LogP contribution is 2.39. The average molecular weight is 545 g/mol. The maximum Gasteiger partial charge on any atom is 0.258 e. The molecule has 1 saturated carbocycles. The van der Waals surface area contributed by atoms with Gasteiger partial charge in [0, 0.05) is 44.0 Å². The molecule has 2 aliphatic heterocycles. The van der Waals surface area contributed by atoms with Gasteiger partial charge in [-0.1, -0.05) is 30.3 Å². The Morgan fingerprint density at radius 3 is 2.49 bits per heavy atom. The Morgan fingerprint density at radius 1 is 1.03 bits per heavy atom. The van der Waals surface area contributed by atoms with Crippen LogP contribution in [0.15, 0.2) is 71.8 Å². The highest BCUT2D eigenvalue weighted by atomic mass is 32.2. The third kappa shape index (κ3) is 5.54. The van der Waals surface area contributed by atoms with Crippen LogP contribution in [0.3, 0.4) is 0 Å². The number of carbonyl (C=O) groups is 1. The minimum atomic E-state index is -3.70. The van der Waals surface area contributed by atoms with Gasteiger partial charge in [0.25, 0.3) is 5.91 Å². The molecule has 0 atom stereocenters. The van der Waals surface area contributed by atoms with Gasteiger partial charge in [-0.3, -0.25) is 4.79 Å². The van der Waals surface area contributed by atoms with Gasteiger partial charge in [-0.2, -0.15) is 0 Å². The van der Waals surface area contributed by atoms with E-state index in [4.69, 9.17) is 0 Å². The Kier molecular flexibility index (Phi) is 6.84. The number of piperazine rings is 1. The lowest BCUT2D eigenvalue weighted by molar-refractivity contribution is -0.110. The van der Waals surface area contributed by atoms with E-state index in [-0.39, 0.29) is 10.8 Å². The van der Waals surface area contributed by atoms with Crippen molar-refractivity contribution in [1.82, 2.24) is 14.6 Å². The normalized spacial score (nSPS) is 19.0. The molecule has 3 heterocycles. The van der Waals surface area contributed by atoms with Crippen LogP contribution in [0.4, 0.5) is 17.2 Å². The van der Waals surface area contributed by atoms with Crippen LogP contribution in [0, 0.1) is 5.92 Å². The summed E-state index contributed by atoms with van der Waals surface area (Å²) in [5.74, 6) is 1.04. The summed E-state index contributed by atoms with van der Waals surface area (Å²) in [6.07, 6.45) is 3.87. The predicted molar refractivity (Wildman–Crippen MR) is 154 cm³/mol. The number of fused-ring (bicyclic) bond motifs is 1. The number of sulfonamides is 1. The monoisotopic (exact) mass is 544 g/mol. The third-order valence-electron chi connectivity index (χ3n) is 7.46. The molecule has 3 aromatic rings. The van der Waals surface area contributed by atoms with Crippen LogP contribution in [-0.4, -0.2) is 64.0 Å². The largest absolute Gasteiger partial charge is 0.354 e. The van der Waals surface area contributed by atoms with E-state index in [2.05, 4.69) is 37.2 Å². The second-order valence-corrected chi connectivity index (χ2v) is 12.2. The second-order valence-electron chi connectivity index (χ2n) is 10.4. The van der Waals surface area contributed by atoms with Crippen molar-refractivity contribution in [2.24, 2.45) is 5.92 Å². The Hall–Kier alpha value is -3.73. The summed E-state index contributed by atoms with van der Waals surface area (Å²) in [6.45, 7) is 4.27. The van der Waals surface area contributed by atoms with Crippen molar-refractivity contribution in [3.05, 3.63) is 78.0 Å². The molecule has 3 aliphatic rings. The van der Waals surface area contributed by atoms with Crippen LogP contribution >= 0.6 is 0 Å². The summed E-state index contributed by atoms with van der Waals surface area (Å²) < 4.78 is 28.7. The van der Waals surface area contributed by atoms with E-state index in [1.807, 2.05) is 42.5 Å². The van der Waals surface area contributed by atoms with Crippen LogP contribution < -0.4 is 20.3 Å². The number of hydrogen-bond acceptors (Lipinski definition) is 7. The molecule has 0 bridgehead atoms. The fraction of sp³-hybridized carbons (Fsp3) is 0.310. The molecule has 1 aromatic heterocycles. The second kappa shape index (κ2) is 10.4. The Bertz CT molecular complexity index is 1510. The number of pyridine rings is 1. The fourth-order valence-corrected chi connectivity index (χ4v) is 6.05. The van der Waals surface area contributed by atoms with Gasteiger partial charge in [-0.05, 0) is 61.7 Å². The molecule has 1 saturated heterocycles. The van der Waals surface area contributed by atoms with Crippen LogP contribution in [0.25, 0.3) is 11.3 Å². The topological polar surface area (TPSA) is 107 Å². The van der Waals surface area contributed by atoms with Gasteiger partial charge in [0.15, 0.2) is 0 Å². The summed E-state index contributed by atoms with van der Waals surface area (Å²) in [5.41, 5.74) is 3.63. The predicted octanol–water partition coefficient (Wildman–Crippen LogP) is 3.45. The van der Waals surface area contributed by atoms with Crippen molar-refractivity contribution >= 4 is 44.4 Å². The van der Waals surface area contributed by atoms with Crippen LogP contribution in [-0.2, 0) is 14.8 Å². The lowest BCUT2D eigenvalue weighted by Gasteiger charge is -2.33. The molecule has 202 valence electrons. The van der Waals surface area contributed by atoms with Crippen LogP contribution in [0.5, 0.6) is 0 Å². The van der Waals surface area contributed by atoms with E-state index in [9.17, 15) is 13.2 Å². The molecule has 39 heavy (non-hydrogen) atoms. The van der Waals surface area contributed by atoms with E-state index in [0.717, 1.165) is 56.1 Å². The van der Waals surface area contributed by atoms with E-state index >= 15 is 0 Å². The van der Waals surface area contributed by atoms with Gasteiger partial charge in [-0.25, -0.2) is 18.1 Å². The third-order valence-corrected chi connectivity index (χ3v) is 8.88. The van der Waals surface area contributed by atoms with Gasteiger partial charge in [0.2, 0.25) is 10.0 Å². The maximum absolute atomic E-state index is 13.3. The molecule has 2 aromatic carbocycles. The number of nitrogens with zero attached hydrogens (tertiary/aromatic N) is 3. The van der Waals surface area contributed by atoms with E-state index in [1.54, 1.807) is 18.3 Å². The van der Waals surface area contributed by atoms with Crippen molar-refractivity contribution in [2.75, 3.05) is 55.3 Å². The molecule has 0 spiro atoms. The van der Waals surface area contributed by atoms with Gasteiger partial charge in [0.1, 0.15) is 5.82 Å². The standard InChI is InChI=1S/C29H32N6O3S/c1-34-13-15-35(16-14-34)26-12-9-22(19-30-26)32-28(21-5-3-2-4-6-21)27-24-17-23(10-11-25(24)33-29(27)36)39(37,38)31-18-20-7-8-20/h2-6,9-12,17,19-20,31-32H,7-8,13-16,18H2,1H3,(H,33,36)/b28-27-. The number of benzene rings is 2. The molecule has 0 unspecified atom stereocenters. The van der Waals surface area contributed by atoms with Crippen LogP contribution in [0.1, 0.15) is 24.0 Å². The van der Waals surface area contributed by atoms with E-state index in [1.165, 1.54) is 6.07 Å². The summed E-state index contributed by atoms with van der Waals surface area (Å²) >= 11 is 0. The number of carbonyl (C=O) groups excluding carboxylic acids is 1. The highest BCUT2D eigenvalue weighted by molar-refractivity contribution is 7.89. The van der Waals surface area contributed by atoms with Gasteiger partial charge >= 0.3 is 0 Å². The number of rotatable bonds is 8. The van der Waals surface area contributed by atoms with Gasteiger partial charge in [-0.15, -0.1) is 0 Å². The van der Waals surface area contributed by atoms with Crippen molar-refractivity contribution in [3.63, 3.8) is 0 Å². The van der Waals surface area contributed by atoms with Crippen molar-refractivity contribution in [2.45, 2.75) is 17.7 Å². The number of aromatic nitrogens is 1. The van der Waals surface area contributed by atoms with E-state index in [0.29, 0.717) is 35.0 Å². The zero-order valence-corrected chi connectivity index (χ0v) is 22.7. The number of hydrogen-bond donors (Lipinski definition) is 3. The first-order valence-corrected chi connectivity index (χ1v) is 14.8. The molecule has 9 nitrogen and oxygen atoms in total. The average Bonchev–Trinajstić information content (AvgIpc) is 3.73. The number of nitrogens with one attached hydrogen (secondary N) is 3. The molecular weight excluding hydrogens is 512 g/mol. The molecule has 3 N–H and O–H groups in total. The minimum absolute atomic E-state index is 0.140. The quantitative estimate of drug-likeness (QED) is 0.373. The maximum atomic E-state index is 13.3. The first-order valence-electron chi connectivity index (χ1n) is 13.3. The van der Waals surface area contributed by atoms with Gasteiger partial charge in [0.05, 0.1) is 28.0 Å². The summed E-state index contributed by atoms with van der Waals surface area (Å²) in [5, 5.41) is 6.32. The Labute approximate surface area is 229 Å². The fourth-order valence-electron chi connectivity index (χ4n) is 4.91. The van der Waals surface area contributed by atoms with Crippen molar-refractivity contribution < 1.29 is 13.2 Å². The molecular formula is C29H32N6O3S. The minimum Gasteiger partial charge on any atom is -0.354 e. The van der Waals surface area contributed by atoms with E-state index < -0.39 is 10.0 Å². The lowest BCUT2D eigenvalue weighted by atomic mass is 10.00. The number of amides is 1. The van der Waals surface area contributed by atoms with Crippen LogP contribution in [0.2, 0.25) is 0 Å². The zero-order chi connectivity index (χ0) is 27.0. The summed E-state index contributed by atoms with van der Waals surface area (Å²) in [7, 11) is -1.57. The molecule has 2 fully saturated rings.